The minimum atomic E-state index is -0.736. The molecular formula is C47H38N4O6. The molecule has 10 rings (SSSR count). The molecule has 0 bridgehead atoms. The Morgan fingerprint density at radius 1 is 0.579 bits per heavy atom. The normalized spacial score (nSPS) is 24.8. The first kappa shape index (κ1) is 34.5. The first-order valence-corrected chi connectivity index (χ1v) is 19.3. The van der Waals surface area contributed by atoms with Crippen LogP contribution in [-0.4, -0.2) is 28.7 Å². The third-order valence-electron chi connectivity index (χ3n) is 12.2. The van der Waals surface area contributed by atoms with Gasteiger partial charge in [0.05, 0.1) is 41.3 Å². The molecular weight excluding hydrogens is 717 g/mol. The standard InChI is InChI=1S/C47H38N4O6/c52-35-19-22-40-27(24-35)23-28(26-57-40)41-36-20-21-37-42(46(55)50(44(37)53)33-15-11-31(12-16-33)48-29-7-3-1-4-8-29)38(36)25-39-43(41)47(56)51(45(39)54)34-17-13-32(14-18-34)49-30-9-5-2-6-10-30/h1-20,22,24,26,37-39,41-43,48-49,52H,21,23,25H2/t37-,38+,39+,41-,42-,43+/m0/s1. The van der Waals surface area contributed by atoms with E-state index in [-0.39, 0.29) is 35.8 Å². The van der Waals surface area contributed by atoms with Crippen LogP contribution in [-0.2, 0) is 25.6 Å². The Balaban J connectivity index is 0.979. The molecule has 0 unspecified atom stereocenters. The van der Waals surface area contributed by atoms with Crippen molar-refractivity contribution in [2.45, 2.75) is 19.3 Å². The zero-order valence-electron chi connectivity index (χ0n) is 30.7. The van der Waals surface area contributed by atoms with Gasteiger partial charge < -0.3 is 20.5 Å². The van der Waals surface area contributed by atoms with Crippen LogP contribution in [0.25, 0.3) is 0 Å². The van der Waals surface area contributed by atoms with Gasteiger partial charge in [-0.05, 0) is 115 Å². The third kappa shape index (κ3) is 5.87. The van der Waals surface area contributed by atoms with Gasteiger partial charge in [-0.3, -0.25) is 29.0 Å². The van der Waals surface area contributed by atoms with Gasteiger partial charge in [-0.25, -0.2) is 0 Å². The molecule has 3 fully saturated rings. The molecule has 282 valence electrons. The number of aromatic hydroxyl groups is 1. The predicted octanol–water partition coefficient (Wildman–Crippen LogP) is 8.28. The van der Waals surface area contributed by atoms with Gasteiger partial charge in [-0.1, -0.05) is 48.0 Å². The molecule has 5 aromatic rings. The largest absolute Gasteiger partial charge is 0.508 e. The first-order valence-electron chi connectivity index (χ1n) is 19.3. The van der Waals surface area contributed by atoms with Crippen LogP contribution < -0.4 is 25.2 Å². The summed E-state index contributed by atoms with van der Waals surface area (Å²) >= 11 is 0. The van der Waals surface area contributed by atoms with Crippen molar-refractivity contribution in [2.75, 3.05) is 20.4 Å². The molecule has 1 saturated carbocycles. The summed E-state index contributed by atoms with van der Waals surface area (Å²) in [6, 6.07) is 38.9. The number of para-hydroxylation sites is 2. The summed E-state index contributed by atoms with van der Waals surface area (Å²) in [4.78, 5) is 60.6. The van der Waals surface area contributed by atoms with Crippen molar-refractivity contribution >= 4 is 57.8 Å². The van der Waals surface area contributed by atoms with Crippen molar-refractivity contribution in [3.8, 4) is 11.5 Å². The van der Waals surface area contributed by atoms with E-state index in [9.17, 15) is 24.3 Å². The van der Waals surface area contributed by atoms with Gasteiger partial charge in [0.1, 0.15) is 11.5 Å². The van der Waals surface area contributed by atoms with Gasteiger partial charge in [-0.15, -0.1) is 0 Å². The second-order valence-corrected chi connectivity index (χ2v) is 15.4. The third-order valence-corrected chi connectivity index (χ3v) is 12.2. The van der Waals surface area contributed by atoms with E-state index in [0.717, 1.165) is 39.5 Å². The quantitative estimate of drug-likeness (QED) is 0.112. The maximum Gasteiger partial charge on any atom is 0.238 e. The first-order chi connectivity index (χ1) is 27.8. The minimum Gasteiger partial charge on any atom is -0.508 e. The van der Waals surface area contributed by atoms with E-state index in [0.29, 0.717) is 30.0 Å². The van der Waals surface area contributed by atoms with Crippen LogP contribution in [0.2, 0.25) is 0 Å². The van der Waals surface area contributed by atoms with Gasteiger partial charge in [0, 0.05) is 40.7 Å². The number of phenolic OH excluding ortho intramolecular Hbond substituents is 1. The van der Waals surface area contributed by atoms with E-state index in [4.69, 9.17) is 4.74 Å². The van der Waals surface area contributed by atoms with Crippen molar-refractivity contribution in [1.82, 2.24) is 0 Å². The number of amides is 4. The fourth-order valence-electron chi connectivity index (χ4n) is 9.68. The van der Waals surface area contributed by atoms with Crippen LogP contribution >= 0.6 is 0 Å². The van der Waals surface area contributed by atoms with Crippen molar-refractivity contribution in [3.05, 3.63) is 156 Å². The number of ether oxygens (including phenoxy) is 1. The molecule has 0 spiro atoms. The van der Waals surface area contributed by atoms with Gasteiger partial charge in [0.25, 0.3) is 0 Å². The monoisotopic (exact) mass is 754 g/mol. The Labute approximate surface area is 329 Å². The van der Waals surface area contributed by atoms with Crippen LogP contribution in [0.3, 0.4) is 0 Å². The molecule has 10 nitrogen and oxygen atoms in total. The summed E-state index contributed by atoms with van der Waals surface area (Å²) in [6.07, 6.45) is 4.70. The number of anilines is 6. The Kier molecular flexibility index (Phi) is 8.28. The van der Waals surface area contributed by atoms with E-state index in [1.807, 2.05) is 91.0 Å². The molecule has 4 amide bonds. The zero-order valence-corrected chi connectivity index (χ0v) is 30.7. The van der Waals surface area contributed by atoms with E-state index in [1.54, 1.807) is 48.7 Å². The summed E-state index contributed by atoms with van der Waals surface area (Å²) in [5.41, 5.74) is 6.87. The number of carbonyl (C=O) groups is 4. The van der Waals surface area contributed by atoms with Crippen molar-refractivity contribution in [1.29, 1.82) is 0 Å². The molecule has 0 aromatic heterocycles. The SMILES string of the molecule is O=C1[C@H]2[C@H](CC=C3[C@H](C4=COc5ccc(O)cc5C4)[C@@H]4C(=O)N(c5ccc(Nc6ccccc6)cc5)C(=O)[C@@H]4C[C@H]32)C(=O)N1c1ccc(Nc2ccccc2)cc1. The summed E-state index contributed by atoms with van der Waals surface area (Å²) < 4.78 is 6.10. The second-order valence-electron chi connectivity index (χ2n) is 15.4. The molecule has 2 aliphatic carbocycles. The Hall–Kier alpha value is -6.94. The highest BCUT2D eigenvalue weighted by Gasteiger charge is 2.62. The Morgan fingerprint density at radius 2 is 1.12 bits per heavy atom. The number of rotatable bonds is 7. The van der Waals surface area contributed by atoms with Gasteiger partial charge >= 0.3 is 0 Å². The topological polar surface area (TPSA) is 128 Å². The average molecular weight is 755 g/mol. The number of benzene rings is 5. The number of allylic oxidation sites excluding steroid dienone is 3. The molecule has 3 N–H and O–H groups in total. The van der Waals surface area contributed by atoms with Crippen LogP contribution in [0.4, 0.5) is 34.1 Å². The lowest BCUT2D eigenvalue weighted by atomic mass is 9.56. The average Bonchev–Trinajstić information content (AvgIpc) is 3.64. The minimum absolute atomic E-state index is 0.0975. The highest BCUT2D eigenvalue weighted by molar-refractivity contribution is 6.24. The highest BCUT2D eigenvalue weighted by atomic mass is 16.5. The van der Waals surface area contributed by atoms with Crippen molar-refractivity contribution in [2.24, 2.45) is 35.5 Å². The molecule has 10 heteroatoms. The number of hydrogen-bond acceptors (Lipinski definition) is 8. The van der Waals surface area contributed by atoms with E-state index >= 15 is 0 Å². The fourth-order valence-corrected chi connectivity index (χ4v) is 9.68. The number of phenols is 1. The molecule has 3 aliphatic heterocycles. The summed E-state index contributed by atoms with van der Waals surface area (Å²) in [5, 5.41) is 17.0. The van der Waals surface area contributed by atoms with Crippen molar-refractivity contribution < 1.29 is 29.0 Å². The van der Waals surface area contributed by atoms with Crippen molar-refractivity contribution in [3.63, 3.8) is 0 Å². The van der Waals surface area contributed by atoms with E-state index in [1.165, 1.54) is 9.80 Å². The van der Waals surface area contributed by atoms with Crippen LogP contribution in [0.5, 0.6) is 11.5 Å². The fraction of sp³-hybridized carbons (Fsp3) is 0.191. The predicted molar refractivity (Wildman–Crippen MR) is 216 cm³/mol. The second kappa shape index (κ2) is 13.7. The summed E-state index contributed by atoms with van der Waals surface area (Å²) in [5.74, 6) is -4.20. The molecule has 0 radical (unpaired) electrons. The molecule has 3 heterocycles. The molecule has 6 atom stereocenters. The maximum absolute atomic E-state index is 14.7. The van der Waals surface area contributed by atoms with Crippen LogP contribution in [0.15, 0.2) is 151 Å². The Bertz CT molecular complexity index is 2500. The summed E-state index contributed by atoms with van der Waals surface area (Å²) in [7, 11) is 0. The Morgan fingerprint density at radius 3 is 1.72 bits per heavy atom. The number of hydrogen-bond donors (Lipinski definition) is 3. The lowest BCUT2D eigenvalue weighted by Gasteiger charge is -2.45. The number of nitrogens with one attached hydrogen (secondary N) is 2. The molecule has 57 heavy (non-hydrogen) atoms. The lowest BCUT2D eigenvalue weighted by molar-refractivity contribution is -0.126. The molecule has 5 aliphatic rings. The maximum atomic E-state index is 14.7. The van der Waals surface area contributed by atoms with Gasteiger partial charge in [-0.2, -0.15) is 0 Å². The number of fused-ring (bicyclic) bond motifs is 5. The van der Waals surface area contributed by atoms with Gasteiger partial charge in [0.2, 0.25) is 23.6 Å². The summed E-state index contributed by atoms with van der Waals surface area (Å²) in [6.45, 7) is 0. The van der Waals surface area contributed by atoms with E-state index in [2.05, 4.69) is 10.6 Å². The lowest BCUT2D eigenvalue weighted by Crippen LogP contribution is -2.45. The van der Waals surface area contributed by atoms with Crippen LogP contribution in [0, 0.1) is 35.5 Å². The van der Waals surface area contributed by atoms with Gasteiger partial charge in [0.15, 0.2) is 0 Å². The van der Waals surface area contributed by atoms with Crippen LogP contribution in [0.1, 0.15) is 18.4 Å². The molecule has 5 aromatic carbocycles. The molecule has 2 saturated heterocycles. The number of imide groups is 2. The highest BCUT2D eigenvalue weighted by Crippen LogP contribution is 2.58. The number of carbonyl (C=O) groups excluding carboxylic acids is 4. The zero-order chi connectivity index (χ0) is 38.8. The number of nitrogens with zero attached hydrogens (tertiary/aromatic N) is 2. The smallest absolute Gasteiger partial charge is 0.238 e. The van der Waals surface area contributed by atoms with E-state index < -0.39 is 35.5 Å².